The highest BCUT2D eigenvalue weighted by atomic mass is 16.2. The highest BCUT2D eigenvalue weighted by Crippen LogP contribution is 2.09. The van der Waals surface area contributed by atoms with Crippen LogP contribution in [0.3, 0.4) is 0 Å². The van der Waals surface area contributed by atoms with Gasteiger partial charge in [0, 0.05) is 51.7 Å². The fourth-order valence-corrected chi connectivity index (χ4v) is 2.72. The van der Waals surface area contributed by atoms with Crippen molar-refractivity contribution in [2.24, 2.45) is 10.9 Å². The number of carbonyl (C=O) groups excluding carboxylic acids is 2. The SMILES string of the molecule is CCCNC(=O)CN1CCC(NC(=NC)NCCNC(=O)C(C)C)CC1. The van der Waals surface area contributed by atoms with E-state index in [1.807, 2.05) is 13.8 Å². The largest absolute Gasteiger partial charge is 0.355 e. The Labute approximate surface area is 157 Å². The summed E-state index contributed by atoms with van der Waals surface area (Å²) in [4.78, 5) is 29.7. The zero-order chi connectivity index (χ0) is 19.4. The Bertz CT molecular complexity index is 459. The van der Waals surface area contributed by atoms with Crippen LogP contribution in [-0.4, -0.2) is 75.0 Å². The Morgan fingerprint density at radius 3 is 2.31 bits per heavy atom. The van der Waals surface area contributed by atoms with Gasteiger partial charge in [-0.1, -0.05) is 20.8 Å². The number of amides is 2. The molecule has 1 aliphatic rings. The second-order valence-electron chi connectivity index (χ2n) is 6.99. The fraction of sp³-hybridized carbons (Fsp3) is 0.833. The van der Waals surface area contributed by atoms with E-state index in [0.29, 0.717) is 25.7 Å². The number of hydrogen-bond donors (Lipinski definition) is 4. The van der Waals surface area contributed by atoms with Crippen LogP contribution in [-0.2, 0) is 9.59 Å². The Morgan fingerprint density at radius 1 is 1.08 bits per heavy atom. The predicted molar refractivity (Wildman–Crippen MR) is 105 cm³/mol. The first-order valence-corrected chi connectivity index (χ1v) is 9.70. The molecule has 0 unspecified atom stereocenters. The van der Waals surface area contributed by atoms with Crippen LogP contribution in [0.1, 0.15) is 40.0 Å². The van der Waals surface area contributed by atoms with Crippen LogP contribution in [0.15, 0.2) is 4.99 Å². The summed E-state index contributed by atoms with van der Waals surface area (Å²) in [5, 5.41) is 12.4. The second kappa shape index (κ2) is 12.5. The number of hydrogen-bond acceptors (Lipinski definition) is 4. The molecule has 150 valence electrons. The number of carbonyl (C=O) groups is 2. The Hall–Kier alpha value is -1.83. The van der Waals surface area contributed by atoms with Gasteiger partial charge in [0.05, 0.1) is 6.54 Å². The molecule has 8 heteroatoms. The van der Waals surface area contributed by atoms with Gasteiger partial charge in [0.15, 0.2) is 5.96 Å². The standard InChI is InChI=1S/C18H36N6O2/c1-5-8-20-16(25)13-24-11-6-15(7-12-24)23-18(19-4)22-10-9-21-17(26)14(2)3/h14-15H,5-13H2,1-4H3,(H,20,25)(H,21,26)(H2,19,22,23). The van der Waals surface area contributed by atoms with Gasteiger partial charge in [0.25, 0.3) is 0 Å². The molecule has 1 rings (SSSR count). The van der Waals surface area contributed by atoms with Crippen molar-refractivity contribution >= 4 is 17.8 Å². The molecule has 8 nitrogen and oxygen atoms in total. The normalized spacial score (nSPS) is 16.4. The molecule has 0 atom stereocenters. The molecule has 1 aliphatic heterocycles. The highest BCUT2D eigenvalue weighted by Gasteiger charge is 2.21. The van der Waals surface area contributed by atoms with Crippen LogP contribution in [0.5, 0.6) is 0 Å². The van der Waals surface area contributed by atoms with Gasteiger partial charge in [0.1, 0.15) is 0 Å². The van der Waals surface area contributed by atoms with Crippen LogP contribution in [0.2, 0.25) is 0 Å². The first-order valence-electron chi connectivity index (χ1n) is 9.70. The minimum Gasteiger partial charge on any atom is -0.355 e. The monoisotopic (exact) mass is 368 g/mol. The van der Waals surface area contributed by atoms with Gasteiger partial charge in [-0.2, -0.15) is 0 Å². The third-order valence-electron chi connectivity index (χ3n) is 4.33. The maximum atomic E-state index is 11.8. The molecule has 2 amide bonds. The molecule has 0 saturated carbocycles. The Morgan fingerprint density at radius 2 is 1.73 bits per heavy atom. The smallest absolute Gasteiger partial charge is 0.234 e. The van der Waals surface area contributed by atoms with Crippen LogP contribution < -0.4 is 21.3 Å². The van der Waals surface area contributed by atoms with E-state index in [4.69, 9.17) is 0 Å². The lowest BCUT2D eigenvalue weighted by Crippen LogP contribution is -2.51. The molecule has 1 saturated heterocycles. The maximum absolute atomic E-state index is 11.8. The van der Waals surface area contributed by atoms with Crippen molar-refractivity contribution in [1.29, 1.82) is 0 Å². The lowest BCUT2D eigenvalue weighted by atomic mass is 10.1. The van der Waals surface area contributed by atoms with Gasteiger partial charge in [0.2, 0.25) is 11.8 Å². The van der Waals surface area contributed by atoms with E-state index in [1.54, 1.807) is 7.05 Å². The van der Waals surface area contributed by atoms with E-state index in [9.17, 15) is 9.59 Å². The molecule has 0 aromatic heterocycles. The number of guanidine groups is 1. The van der Waals surface area contributed by atoms with Gasteiger partial charge in [-0.3, -0.25) is 19.5 Å². The molecule has 0 aromatic rings. The molecule has 1 heterocycles. The summed E-state index contributed by atoms with van der Waals surface area (Å²) in [6, 6.07) is 0.349. The topological polar surface area (TPSA) is 97.9 Å². The van der Waals surface area contributed by atoms with Crippen LogP contribution in [0.25, 0.3) is 0 Å². The van der Waals surface area contributed by atoms with Crippen LogP contribution >= 0.6 is 0 Å². The summed E-state index contributed by atoms with van der Waals surface area (Å²) < 4.78 is 0. The second-order valence-corrected chi connectivity index (χ2v) is 6.99. The summed E-state index contributed by atoms with van der Waals surface area (Å²) in [7, 11) is 1.75. The van der Waals surface area contributed by atoms with Crippen molar-refractivity contribution in [3.63, 3.8) is 0 Å². The van der Waals surface area contributed by atoms with E-state index < -0.39 is 0 Å². The van der Waals surface area contributed by atoms with E-state index in [0.717, 1.165) is 44.9 Å². The summed E-state index contributed by atoms with van der Waals surface area (Å²) >= 11 is 0. The predicted octanol–water partition coefficient (Wildman–Crippen LogP) is -0.0858. The minimum atomic E-state index is 0.00155. The molecule has 0 spiro atoms. The summed E-state index contributed by atoms with van der Waals surface area (Å²) in [5.41, 5.74) is 0. The number of likely N-dealkylation sites (tertiary alicyclic amines) is 1. The lowest BCUT2D eigenvalue weighted by molar-refractivity contribution is -0.124. The van der Waals surface area contributed by atoms with Crippen LogP contribution in [0.4, 0.5) is 0 Å². The van der Waals surface area contributed by atoms with E-state index >= 15 is 0 Å². The molecular formula is C18H36N6O2. The van der Waals surface area contributed by atoms with Crippen LogP contribution in [0, 0.1) is 5.92 Å². The average molecular weight is 369 g/mol. The summed E-state index contributed by atoms with van der Waals surface area (Å²) in [5.74, 6) is 0.925. The highest BCUT2D eigenvalue weighted by molar-refractivity contribution is 5.80. The number of nitrogens with one attached hydrogen (secondary N) is 4. The number of piperidine rings is 1. The number of rotatable bonds is 9. The minimum absolute atomic E-state index is 0.00155. The van der Waals surface area contributed by atoms with Gasteiger partial charge in [-0.05, 0) is 19.3 Å². The van der Waals surface area contributed by atoms with E-state index in [2.05, 4.69) is 38.1 Å². The van der Waals surface area contributed by atoms with Gasteiger partial charge >= 0.3 is 0 Å². The Kier molecular flexibility index (Phi) is 10.7. The first-order chi connectivity index (χ1) is 12.5. The zero-order valence-corrected chi connectivity index (χ0v) is 16.7. The van der Waals surface area contributed by atoms with Gasteiger partial charge in [-0.25, -0.2) is 0 Å². The summed E-state index contributed by atoms with van der Waals surface area (Å²) in [6.07, 6.45) is 2.92. The molecule has 0 aliphatic carbocycles. The Balaban J connectivity index is 2.21. The molecule has 26 heavy (non-hydrogen) atoms. The van der Waals surface area contributed by atoms with Crippen molar-refractivity contribution in [3.05, 3.63) is 0 Å². The summed E-state index contributed by atoms with van der Waals surface area (Å²) in [6.45, 7) is 10.0. The quantitative estimate of drug-likeness (QED) is 0.259. The third-order valence-corrected chi connectivity index (χ3v) is 4.33. The molecule has 0 aromatic carbocycles. The van der Waals surface area contributed by atoms with Gasteiger partial charge in [-0.15, -0.1) is 0 Å². The molecule has 0 radical (unpaired) electrons. The maximum Gasteiger partial charge on any atom is 0.234 e. The van der Waals surface area contributed by atoms with Crippen molar-refractivity contribution in [3.8, 4) is 0 Å². The van der Waals surface area contributed by atoms with Crippen molar-refractivity contribution in [2.75, 3.05) is 46.3 Å². The zero-order valence-electron chi connectivity index (χ0n) is 16.7. The average Bonchev–Trinajstić information content (AvgIpc) is 2.63. The van der Waals surface area contributed by atoms with Crippen molar-refractivity contribution in [2.45, 2.75) is 46.1 Å². The van der Waals surface area contributed by atoms with Gasteiger partial charge < -0.3 is 21.3 Å². The third kappa shape index (κ3) is 9.03. The lowest BCUT2D eigenvalue weighted by Gasteiger charge is -2.32. The molecule has 4 N–H and O–H groups in total. The molecular weight excluding hydrogens is 332 g/mol. The number of aliphatic imine (C=N–C) groups is 1. The first kappa shape index (κ1) is 22.2. The van der Waals surface area contributed by atoms with E-state index in [1.165, 1.54) is 0 Å². The molecule has 0 bridgehead atoms. The van der Waals surface area contributed by atoms with Crippen molar-refractivity contribution in [1.82, 2.24) is 26.2 Å². The number of nitrogens with zero attached hydrogens (tertiary/aromatic N) is 2. The molecule has 1 fully saturated rings. The van der Waals surface area contributed by atoms with Crippen molar-refractivity contribution < 1.29 is 9.59 Å². The fourth-order valence-electron chi connectivity index (χ4n) is 2.72. The van der Waals surface area contributed by atoms with E-state index in [-0.39, 0.29) is 17.7 Å².